The Morgan fingerprint density at radius 3 is 2.79 bits per heavy atom. The average molecular weight is 446 g/mol. The van der Waals surface area contributed by atoms with Gasteiger partial charge in [-0.1, -0.05) is 6.07 Å². The van der Waals surface area contributed by atoms with Gasteiger partial charge < -0.3 is 9.47 Å². The summed E-state index contributed by atoms with van der Waals surface area (Å²) in [5.41, 5.74) is 3.19. The van der Waals surface area contributed by atoms with Gasteiger partial charge in [-0.15, -0.1) is 0 Å². The van der Waals surface area contributed by atoms with Crippen molar-refractivity contribution >= 4 is 15.9 Å². The standard InChI is InChI=1S/C19H17BrFN5O2/c1-12-19(24-18(20)8-23-12)28-10-14-5-15(21)4-3-13(14)9-27-11-16-6-17(7-22)26(2)25-16/h3-6,8H,9-11H2,1-2H3. The molecule has 0 aliphatic heterocycles. The Kier molecular flexibility index (Phi) is 6.34. The fourth-order valence-corrected chi connectivity index (χ4v) is 2.80. The van der Waals surface area contributed by atoms with E-state index in [9.17, 15) is 4.39 Å². The average Bonchev–Trinajstić information content (AvgIpc) is 3.03. The fraction of sp³-hybridized carbons (Fsp3) is 0.263. The van der Waals surface area contributed by atoms with Crippen LogP contribution in [0.15, 0.2) is 35.1 Å². The van der Waals surface area contributed by atoms with Crippen molar-refractivity contribution in [2.45, 2.75) is 26.7 Å². The Balaban J connectivity index is 1.66. The number of aryl methyl sites for hydroxylation is 2. The predicted molar refractivity (Wildman–Crippen MR) is 102 cm³/mol. The van der Waals surface area contributed by atoms with E-state index in [0.717, 1.165) is 5.56 Å². The van der Waals surface area contributed by atoms with Crippen LogP contribution in [0, 0.1) is 24.1 Å². The van der Waals surface area contributed by atoms with Crippen molar-refractivity contribution in [1.82, 2.24) is 19.7 Å². The second kappa shape index (κ2) is 8.91. The van der Waals surface area contributed by atoms with Crippen LogP contribution in [-0.4, -0.2) is 19.7 Å². The monoisotopic (exact) mass is 445 g/mol. The summed E-state index contributed by atoms with van der Waals surface area (Å²) in [6.07, 6.45) is 1.58. The van der Waals surface area contributed by atoms with E-state index in [0.29, 0.717) is 33.1 Å². The summed E-state index contributed by atoms with van der Waals surface area (Å²) in [6, 6.07) is 8.17. The van der Waals surface area contributed by atoms with E-state index in [1.54, 1.807) is 32.3 Å². The molecular weight excluding hydrogens is 429 g/mol. The van der Waals surface area contributed by atoms with Gasteiger partial charge in [-0.25, -0.2) is 9.37 Å². The number of rotatable bonds is 7. The van der Waals surface area contributed by atoms with Crippen LogP contribution in [0.1, 0.15) is 28.2 Å². The van der Waals surface area contributed by atoms with Crippen molar-refractivity contribution in [1.29, 1.82) is 5.26 Å². The van der Waals surface area contributed by atoms with Gasteiger partial charge in [-0.2, -0.15) is 10.4 Å². The highest BCUT2D eigenvalue weighted by atomic mass is 79.9. The van der Waals surface area contributed by atoms with Crippen LogP contribution in [0.3, 0.4) is 0 Å². The van der Waals surface area contributed by atoms with Crippen LogP contribution in [0.25, 0.3) is 0 Å². The third-order valence-electron chi connectivity index (χ3n) is 3.97. The second-order valence-corrected chi connectivity index (χ2v) is 6.85. The summed E-state index contributed by atoms with van der Waals surface area (Å²) in [5, 5.41) is 13.2. The summed E-state index contributed by atoms with van der Waals surface area (Å²) >= 11 is 3.26. The van der Waals surface area contributed by atoms with Gasteiger partial charge in [0.25, 0.3) is 0 Å². The predicted octanol–water partition coefficient (Wildman–Crippen LogP) is 3.59. The number of nitrogens with zero attached hydrogens (tertiary/aromatic N) is 5. The van der Waals surface area contributed by atoms with Crippen molar-refractivity contribution < 1.29 is 13.9 Å². The third kappa shape index (κ3) is 4.91. The lowest BCUT2D eigenvalue weighted by atomic mass is 10.1. The third-order valence-corrected chi connectivity index (χ3v) is 4.35. The van der Waals surface area contributed by atoms with Gasteiger partial charge in [0.15, 0.2) is 0 Å². The maximum Gasteiger partial charge on any atom is 0.236 e. The Bertz CT molecular complexity index is 1030. The Morgan fingerprint density at radius 1 is 1.21 bits per heavy atom. The molecule has 2 aromatic heterocycles. The molecule has 144 valence electrons. The topological polar surface area (TPSA) is 85.9 Å². The SMILES string of the molecule is Cc1ncc(Br)nc1OCc1cc(F)ccc1COCc1cc(C#N)n(C)n1. The molecule has 1 aromatic carbocycles. The Labute approximate surface area is 169 Å². The number of aromatic nitrogens is 4. The van der Waals surface area contributed by atoms with Crippen LogP contribution in [-0.2, 0) is 31.6 Å². The van der Waals surface area contributed by atoms with E-state index in [1.165, 1.54) is 16.8 Å². The molecule has 0 radical (unpaired) electrons. The normalized spacial score (nSPS) is 10.7. The first-order chi connectivity index (χ1) is 13.5. The molecule has 3 rings (SSSR count). The van der Waals surface area contributed by atoms with E-state index in [4.69, 9.17) is 14.7 Å². The van der Waals surface area contributed by atoms with Crippen molar-refractivity contribution in [2.75, 3.05) is 0 Å². The molecule has 0 unspecified atom stereocenters. The van der Waals surface area contributed by atoms with E-state index >= 15 is 0 Å². The lowest BCUT2D eigenvalue weighted by Gasteiger charge is -2.12. The Hall–Kier alpha value is -2.83. The first-order valence-corrected chi connectivity index (χ1v) is 9.15. The quantitative estimate of drug-likeness (QED) is 0.552. The largest absolute Gasteiger partial charge is 0.471 e. The molecule has 3 aromatic rings. The summed E-state index contributed by atoms with van der Waals surface area (Å²) in [6.45, 7) is 2.40. The number of nitriles is 1. The molecule has 0 amide bonds. The van der Waals surface area contributed by atoms with Crippen molar-refractivity contribution in [3.8, 4) is 11.9 Å². The smallest absolute Gasteiger partial charge is 0.236 e. The molecule has 0 N–H and O–H groups in total. The number of ether oxygens (including phenoxy) is 2. The van der Waals surface area contributed by atoms with Crippen LogP contribution in [0.5, 0.6) is 5.88 Å². The second-order valence-electron chi connectivity index (χ2n) is 6.03. The first kappa shape index (κ1) is 19.9. The van der Waals surface area contributed by atoms with Crippen molar-refractivity contribution in [3.63, 3.8) is 0 Å². The Morgan fingerprint density at radius 2 is 2.04 bits per heavy atom. The summed E-state index contributed by atoms with van der Waals surface area (Å²) in [7, 11) is 1.70. The van der Waals surface area contributed by atoms with Crippen LogP contribution in [0.4, 0.5) is 4.39 Å². The van der Waals surface area contributed by atoms with Crippen LogP contribution >= 0.6 is 15.9 Å². The zero-order chi connectivity index (χ0) is 20.1. The van der Waals surface area contributed by atoms with E-state index in [2.05, 4.69) is 37.1 Å². The van der Waals surface area contributed by atoms with Crippen LogP contribution < -0.4 is 4.74 Å². The number of hydrogen-bond donors (Lipinski definition) is 0. The molecule has 0 aliphatic carbocycles. The highest BCUT2D eigenvalue weighted by Crippen LogP contribution is 2.20. The van der Waals surface area contributed by atoms with Crippen molar-refractivity contribution in [2.24, 2.45) is 7.05 Å². The molecule has 0 aliphatic rings. The maximum absolute atomic E-state index is 13.7. The zero-order valence-corrected chi connectivity index (χ0v) is 16.9. The molecule has 0 spiro atoms. The molecule has 0 saturated carbocycles. The van der Waals surface area contributed by atoms with Crippen LogP contribution in [0.2, 0.25) is 0 Å². The number of benzene rings is 1. The molecule has 0 saturated heterocycles. The van der Waals surface area contributed by atoms with Gasteiger partial charge >= 0.3 is 0 Å². The number of hydrogen-bond acceptors (Lipinski definition) is 6. The molecule has 0 atom stereocenters. The molecule has 7 nitrogen and oxygen atoms in total. The van der Waals surface area contributed by atoms with Gasteiger partial charge in [-0.3, -0.25) is 9.67 Å². The van der Waals surface area contributed by atoms with Gasteiger partial charge in [0, 0.05) is 7.05 Å². The van der Waals surface area contributed by atoms with Crippen molar-refractivity contribution in [3.05, 3.63) is 69.1 Å². The van der Waals surface area contributed by atoms with Gasteiger partial charge in [-0.05, 0) is 52.2 Å². The lowest BCUT2D eigenvalue weighted by molar-refractivity contribution is 0.103. The molecular formula is C19H17BrFN5O2. The molecule has 28 heavy (non-hydrogen) atoms. The van der Waals surface area contributed by atoms with E-state index in [1.807, 2.05) is 0 Å². The van der Waals surface area contributed by atoms with Gasteiger partial charge in [0.2, 0.25) is 5.88 Å². The summed E-state index contributed by atoms with van der Waals surface area (Å²) in [5.74, 6) is 0.0193. The minimum atomic E-state index is -0.359. The number of halogens is 2. The minimum absolute atomic E-state index is 0.130. The molecule has 0 bridgehead atoms. The highest BCUT2D eigenvalue weighted by Gasteiger charge is 2.10. The highest BCUT2D eigenvalue weighted by molar-refractivity contribution is 9.10. The summed E-state index contributed by atoms with van der Waals surface area (Å²) in [4.78, 5) is 8.40. The molecule has 9 heteroatoms. The molecule has 0 fully saturated rings. The first-order valence-electron chi connectivity index (χ1n) is 8.36. The zero-order valence-electron chi connectivity index (χ0n) is 15.3. The summed E-state index contributed by atoms with van der Waals surface area (Å²) < 4.78 is 27.2. The maximum atomic E-state index is 13.7. The van der Waals surface area contributed by atoms with E-state index < -0.39 is 0 Å². The lowest BCUT2D eigenvalue weighted by Crippen LogP contribution is -2.05. The van der Waals surface area contributed by atoms with Gasteiger partial charge in [0.05, 0.1) is 30.8 Å². The molecule has 2 heterocycles. The van der Waals surface area contributed by atoms with Gasteiger partial charge in [0.1, 0.15) is 28.8 Å². The fourth-order valence-electron chi connectivity index (χ4n) is 2.53. The van der Waals surface area contributed by atoms with E-state index in [-0.39, 0.29) is 25.6 Å². The minimum Gasteiger partial charge on any atom is -0.471 e.